The van der Waals surface area contributed by atoms with Crippen molar-refractivity contribution >= 4 is 40.2 Å². The van der Waals surface area contributed by atoms with E-state index in [0.29, 0.717) is 31.1 Å². The van der Waals surface area contributed by atoms with E-state index in [4.69, 9.17) is 18.9 Å². The first kappa shape index (κ1) is 25.3. The molecule has 0 saturated carbocycles. The van der Waals surface area contributed by atoms with Crippen LogP contribution in [0.3, 0.4) is 0 Å². The molecule has 2 rings (SSSR count). The van der Waals surface area contributed by atoms with Gasteiger partial charge < -0.3 is 23.8 Å². The first-order valence-electron chi connectivity index (χ1n) is 10.4. The number of carbonyl (C=O) groups excluding carboxylic acids is 2. The zero-order valence-corrected chi connectivity index (χ0v) is 21.3. The smallest absolute Gasteiger partial charge is 0.410 e. The molecule has 0 radical (unpaired) electrons. The Bertz CT molecular complexity index is 830. The molecule has 1 unspecified atom stereocenters. The third-order valence-electron chi connectivity index (χ3n) is 4.86. The Hall–Kier alpha value is -1.97. The van der Waals surface area contributed by atoms with Gasteiger partial charge in [-0.1, -0.05) is 0 Å². The summed E-state index contributed by atoms with van der Waals surface area (Å²) in [4.78, 5) is 26.8. The van der Waals surface area contributed by atoms with E-state index in [1.54, 1.807) is 26.0 Å². The topological polar surface area (TPSA) is 74.3 Å². The van der Waals surface area contributed by atoms with Crippen molar-refractivity contribution in [2.45, 2.75) is 58.6 Å². The van der Waals surface area contributed by atoms with Crippen molar-refractivity contribution < 1.29 is 28.5 Å². The molecule has 1 amide bonds. The van der Waals surface area contributed by atoms with Crippen LogP contribution in [0.1, 0.15) is 52.5 Å². The Morgan fingerprint density at radius 2 is 1.84 bits per heavy atom. The lowest BCUT2D eigenvalue weighted by Gasteiger charge is -2.29. The average molecular weight is 545 g/mol. The summed E-state index contributed by atoms with van der Waals surface area (Å²) in [5.74, 6) is 0.773. The van der Waals surface area contributed by atoms with E-state index in [1.807, 2.05) is 32.9 Å². The summed E-state index contributed by atoms with van der Waals surface area (Å²) < 4.78 is 22.5. The summed E-state index contributed by atoms with van der Waals surface area (Å²) >= 11 is 2.21. The van der Waals surface area contributed by atoms with E-state index in [2.05, 4.69) is 22.6 Å². The Morgan fingerprint density at radius 1 is 1.19 bits per heavy atom. The van der Waals surface area contributed by atoms with Gasteiger partial charge in [0.1, 0.15) is 5.60 Å². The summed E-state index contributed by atoms with van der Waals surface area (Å²) in [6.45, 7) is 8.26. The number of esters is 1. The second-order valence-electron chi connectivity index (χ2n) is 8.28. The molecule has 7 nitrogen and oxygen atoms in total. The highest BCUT2D eigenvalue weighted by molar-refractivity contribution is 14.1. The minimum absolute atomic E-state index is 0.0700. The van der Waals surface area contributed by atoms with Crippen molar-refractivity contribution in [3.05, 3.63) is 27.3 Å². The third-order valence-corrected chi connectivity index (χ3v) is 5.75. The second-order valence-corrected chi connectivity index (χ2v) is 9.44. The molecular weight excluding hydrogens is 513 g/mol. The maximum absolute atomic E-state index is 12.7. The van der Waals surface area contributed by atoms with Crippen molar-refractivity contribution in [3.8, 4) is 11.5 Å². The van der Waals surface area contributed by atoms with Crippen LogP contribution in [-0.2, 0) is 14.3 Å². The summed E-state index contributed by atoms with van der Waals surface area (Å²) in [5.41, 5.74) is 1.07. The predicted octanol–water partition coefficient (Wildman–Crippen LogP) is 5.04. The number of carbonyl (C=O) groups is 2. The lowest BCUT2D eigenvalue weighted by atomic mass is 9.96. The lowest BCUT2D eigenvalue weighted by Crippen LogP contribution is -2.39. The number of nitrogens with zero attached hydrogens (tertiary/aromatic N) is 1. The lowest BCUT2D eigenvalue weighted by molar-refractivity contribution is -0.137. The molecule has 0 N–H and O–H groups in total. The molecule has 0 aromatic heterocycles. The van der Waals surface area contributed by atoms with Crippen LogP contribution in [-0.4, -0.2) is 56.0 Å². The van der Waals surface area contributed by atoms with Crippen LogP contribution in [0.5, 0.6) is 11.5 Å². The molecule has 1 saturated heterocycles. The highest BCUT2D eigenvalue weighted by Crippen LogP contribution is 2.37. The quantitative estimate of drug-likeness (QED) is 0.272. The molecule has 0 spiro atoms. The van der Waals surface area contributed by atoms with Gasteiger partial charge >= 0.3 is 12.1 Å². The van der Waals surface area contributed by atoms with Crippen LogP contribution < -0.4 is 9.47 Å². The van der Waals surface area contributed by atoms with Gasteiger partial charge in [-0.25, -0.2) is 9.59 Å². The molecule has 172 valence electrons. The molecule has 1 atom stereocenters. The Kier molecular flexibility index (Phi) is 9.02. The minimum Gasteiger partial charge on any atom is -0.493 e. The molecule has 1 heterocycles. The SMILES string of the molecule is CCOC(=O)/C=C(/CC1CCCN1C(=O)OC(C)(C)C)c1cc(OC)c(OC)cc1I. The van der Waals surface area contributed by atoms with E-state index in [9.17, 15) is 9.59 Å². The molecule has 0 bridgehead atoms. The summed E-state index contributed by atoms with van der Waals surface area (Å²) in [6, 6.07) is 3.66. The first-order valence-corrected chi connectivity index (χ1v) is 11.5. The van der Waals surface area contributed by atoms with Crippen LogP contribution in [0.2, 0.25) is 0 Å². The van der Waals surface area contributed by atoms with Gasteiger partial charge in [-0.3, -0.25) is 0 Å². The fourth-order valence-electron chi connectivity index (χ4n) is 3.54. The zero-order valence-electron chi connectivity index (χ0n) is 19.1. The van der Waals surface area contributed by atoms with Crippen molar-refractivity contribution in [1.29, 1.82) is 0 Å². The molecule has 1 aromatic rings. The average Bonchev–Trinajstić information content (AvgIpc) is 3.14. The number of ether oxygens (including phenoxy) is 4. The van der Waals surface area contributed by atoms with Crippen molar-refractivity contribution in [3.63, 3.8) is 0 Å². The molecular formula is C23H32INO6. The Morgan fingerprint density at radius 3 is 2.42 bits per heavy atom. The van der Waals surface area contributed by atoms with E-state index in [-0.39, 0.29) is 12.1 Å². The number of amides is 1. The van der Waals surface area contributed by atoms with Gasteiger partial charge in [0.05, 0.1) is 20.8 Å². The van der Waals surface area contributed by atoms with Gasteiger partial charge in [-0.15, -0.1) is 0 Å². The third kappa shape index (κ3) is 7.02. The number of halogens is 1. The summed E-state index contributed by atoms with van der Waals surface area (Å²) in [5, 5.41) is 0. The standard InChI is InChI=1S/C23H32INO6/c1-7-30-21(26)12-15(17-13-19(28-5)20(29-6)14-18(17)24)11-16-9-8-10-25(16)22(27)31-23(2,3)4/h12-14,16H,7-11H2,1-6H3/b15-12-. The van der Waals surface area contributed by atoms with Gasteiger partial charge in [0, 0.05) is 22.2 Å². The van der Waals surface area contributed by atoms with Crippen molar-refractivity contribution in [2.24, 2.45) is 0 Å². The van der Waals surface area contributed by atoms with Gasteiger partial charge in [-0.05, 0) is 92.8 Å². The second kappa shape index (κ2) is 11.1. The van der Waals surface area contributed by atoms with Crippen LogP contribution in [0.25, 0.3) is 5.57 Å². The van der Waals surface area contributed by atoms with Crippen LogP contribution in [0.4, 0.5) is 4.79 Å². The Balaban J connectivity index is 2.40. The molecule has 1 aromatic carbocycles. The normalized spacial score (nSPS) is 16.8. The number of hydrogen-bond donors (Lipinski definition) is 0. The molecule has 1 fully saturated rings. The van der Waals surface area contributed by atoms with E-state index >= 15 is 0 Å². The Labute approximate surface area is 198 Å². The number of rotatable bonds is 7. The fraction of sp³-hybridized carbons (Fsp3) is 0.565. The highest BCUT2D eigenvalue weighted by atomic mass is 127. The molecule has 1 aliphatic rings. The maximum Gasteiger partial charge on any atom is 0.410 e. The van der Waals surface area contributed by atoms with E-state index in [1.165, 1.54) is 6.08 Å². The predicted molar refractivity (Wildman–Crippen MR) is 127 cm³/mol. The fourth-order valence-corrected chi connectivity index (χ4v) is 4.32. The number of methoxy groups -OCH3 is 2. The molecule has 0 aliphatic carbocycles. The number of hydrogen-bond acceptors (Lipinski definition) is 6. The summed E-state index contributed by atoms with van der Waals surface area (Å²) in [7, 11) is 3.16. The van der Waals surface area contributed by atoms with E-state index < -0.39 is 11.6 Å². The van der Waals surface area contributed by atoms with Crippen LogP contribution in [0, 0.1) is 3.57 Å². The van der Waals surface area contributed by atoms with Crippen LogP contribution >= 0.6 is 22.6 Å². The monoisotopic (exact) mass is 545 g/mol. The maximum atomic E-state index is 12.7. The summed E-state index contributed by atoms with van der Waals surface area (Å²) in [6.07, 6.45) is 3.41. The zero-order chi connectivity index (χ0) is 23.2. The first-order chi connectivity index (χ1) is 14.6. The van der Waals surface area contributed by atoms with Crippen molar-refractivity contribution in [2.75, 3.05) is 27.4 Å². The van der Waals surface area contributed by atoms with Gasteiger partial charge in [0.15, 0.2) is 11.5 Å². The van der Waals surface area contributed by atoms with Gasteiger partial charge in [0.25, 0.3) is 0 Å². The van der Waals surface area contributed by atoms with E-state index in [0.717, 1.165) is 27.5 Å². The number of likely N-dealkylation sites (tertiary alicyclic amines) is 1. The minimum atomic E-state index is -0.563. The van der Waals surface area contributed by atoms with Crippen molar-refractivity contribution in [1.82, 2.24) is 4.90 Å². The molecule has 8 heteroatoms. The number of benzene rings is 1. The van der Waals surface area contributed by atoms with Gasteiger partial charge in [0.2, 0.25) is 0 Å². The molecule has 31 heavy (non-hydrogen) atoms. The largest absolute Gasteiger partial charge is 0.493 e. The molecule has 1 aliphatic heterocycles. The van der Waals surface area contributed by atoms with Crippen LogP contribution in [0.15, 0.2) is 18.2 Å². The highest BCUT2D eigenvalue weighted by Gasteiger charge is 2.33. The van der Waals surface area contributed by atoms with Gasteiger partial charge in [-0.2, -0.15) is 0 Å².